The van der Waals surface area contributed by atoms with Crippen molar-refractivity contribution in [2.24, 2.45) is 0 Å². The molecule has 4 rings (SSSR count). The molecule has 0 unspecified atom stereocenters. The summed E-state index contributed by atoms with van der Waals surface area (Å²) in [6.07, 6.45) is 3.71. The van der Waals surface area contributed by atoms with E-state index in [1.807, 2.05) is 22.9 Å². The zero-order chi connectivity index (χ0) is 23.2. The molecule has 7 heteroatoms. The van der Waals surface area contributed by atoms with Crippen molar-refractivity contribution in [3.8, 4) is 5.69 Å². The molecule has 6 nitrogen and oxygen atoms in total. The summed E-state index contributed by atoms with van der Waals surface area (Å²) in [6.45, 7) is 12.0. The Morgan fingerprint density at radius 3 is 2.30 bits per heavy atom. The van der Waals surface area contributed by atoms with Gasteiger partial charge in [0.15, 0.2) is 5.16 Å². The molecule has 3 aromatic rings. The van der Waals surface area contributed by atoms with Gasteiger partial charge in [0.05, 0.1) is 5.75 Å². The normalized spacial score (nSPS) is 14.6. The van der Waals surface area contributed by atoms with Gasteiger partial charge < -0.3 is 15.1 Å². The van der Waals surface area contributed by atoms with Crippen molar-refractivity contribution in [1.29, 1.82) is 0 Å². The third-order valence-corrected chi connectivity index (χ3v) is 7.08. The number of carbonyl (C=O) groups is 1. The average Bonchev–Trinajstić information content (AvgIpc) is 3.32. The number of aromatic nitrogens is 2. The Labute approximate surface area is 201 Å². The molecule has 1 fully saturated rings. The molecule has 1 aliphatic heterocycles. The predicted octanol–water partition coefficient (Wildman–Crippen LogP) is 4.87. The lowest BCUT2D eigenvalue weighted by Gasteiger charge is -2.35. The van der Waals surface area contributed by atoms with E-state index in [0.29, 0.717) is 11.7 Å². The first kappa shape index (κ1) is 23.4. The molecule has 1 N–H and O–H groups in total. The zero-order valence-corrected chi connectivity index (χ0v) is 20.5. The van der Waals surface area contributed by atoms with Crippen LogP contribution in [0.25, 0.3) is 5.69 Å². The Morgan fingerprint density at radius 1 is 1.00 bits per heavy atom. The van der Waals surface area contributed by atoms with Gasteiger partial charge >= 0.3 is 0 Å². The zero-order valence-electron chi connectivity index (χ0n) is 19.7. The standard InChI is InChI=1S/C26H33N5OS/c1-4-29-15-17-30(18-16-29)23-11-7-22(8-12-23)28-25(32)19-33-26-27-13-14-31(26)24-9-5-21(6-10-24)20(2)3/h5-14,20H,4,15-19H2,1-3H3,(H,28,32). The van der Waals surface area contributed by atoms with Gasteiger partial charge in [0, 0.05) is 55.6 Å². The Bertz CT molecular complexity index is 1040. The Balaban J connectivity index is 1.30. The third kappa shape index (κ3) is 5.97. The molecule has 1 saturated heterocycles. The minimum absolute atomic E-state index is 0.0333. The number of nitrogens with zero attached hydrogens (tertiary/aromatic N) is 4. The van der Waals surface area contributed by atoms with Crippen LogP contribution in [-0.2, 0) is 4.79 Å². The molecule has 1 aromatic heterocycles. The lowest BCUT2D eigenvalue weighted by atomic mass is 10.0. The second kappa shape index (κ2) is 10.9. The average molecular weight is 464 g/mol. The number of hydrogen-bond acceptors (Lipinski definition) is 5. The highest BCUT2D eigenvalue weighted by Crippen LogP contribution is 2.24. The summed E-state index contributed by atoms with van der Waals surface area (Å²) in [5, 5.41) is 3.82. The van der Waals surface area contributed by atoms with E-state index in [0.717, 1.165) is 49.3 Å². The fraction of sp³-hybridized carbons (Fsp3) is 0.385. The van der Waals surface area contributed by atoms with Crippen LogP contribution in [0.3, 0.4) is 0 Å². The van der Waals surface area contributed by atoms with Gasteiger partial charge in [0.25, 0.3) is 0 Å². The number of thioether (sulfide) groups is 1. The second-order valence-electron chi connectivity index (χ2n) is 8.63. The van der Waals surface area contributed by atoms with Crippen LogP contribution in [0.1, 0.15) is 32.3 Å². The summed E-state index contributed by atoms with van der Waals surface area (Å²) in [5.74, 6) is 0.774. The molecule has 0 aliphatic carbocycles. The third-order valence-electron chi connectivity index (χ3n) is 6.11. The lowest BCUT2D eigenvalue weighted by Crippen LogP contribution is -2.46. The molecule has 0 saturated carbocycles. The number of likely N-dealkylation sites (N-methyl/N-ethyl adjacent to an activating group) is 1. The van der Waals surface area contributed by atoms with E-state index in [1.165, 1.54) is 23.0 Å². The molecule has 1 amide bonds. The van der Waals surface area contributed by atoms with Gasteiger partial charge in [-0.2, -0.15) is 0 Å². The number of anilines is 2. The maximum absolute atomic E-state index is 12.5. The van der Waals surface area contributed by atoms with Crippen LogP contribution in [0.2, 0.25) is 0 Å². The van der Waals surface area contributed by atoms with E-state index in [9.17, 15) is 4.79 Å². The number of benzene rings is 2. The minimum atomic E-state index is -0.0333. The summed E-state index contributed by atoms with van der Waals surface area (Å²) < 4.78 is 2.02. The van der Waals surface area contributed by atoms with Gasteiger partial charge in [0.2, 0.25) is 5.91 Å². The van der Waals surface area contributed by atoms with Gasteiger partial charge in [-0.1, -0.05) is 44.7 Å². The van der Waals surface area contributed by atoms with Crippen LogP contribution < -0.4 is 10.2 Å². The van der Waals surface area contributed by atoms with E-state index >= 15 is 0 Å². The SMILES string of the molecule is CCN1CCN(c2ccc(NC(=O)CSc3nccn3-c3ccc(C(C)C)cc3)cc2)CC1. The quantitative estimate of drug-likeness (QED) is 0.483. The number of carbonyl (C=O) groups excluding carboxylic acids is 1. The fourth-order valence-corrected chi connectivity index (χ4v) is 4.79. The smallest absolute Gasteiger partial charge is 0.234 e. The molecule has 33 heavy (non-hydrogen) atoms. The molecule has 1 aliphatic rings. The summed E-state index contributed by atoms with van der Waals surface area (Å²) in [4.78, 5) is 21.9. The van der Waals surface area contributed by atoms with Crippen LogP contribution >= 0.6 is 11.8 Å². The van der Waals surface area contributed by atoms with E-state index in [-0.39, 0.29) is 5.91 Å². The maximum Gasteiger partial charge on any atom is 0.234 e. The molecular weight excluding hydrogens is 430 g/mol. The largest absolute Gasteiger partial charge is 0.369 e. The lowest BCUT2D eigenvalue weighted by molar-refractivity contribution is -0.113. The highest BCUT2D eigenvalue weighted by molar-refractivity contribution is 7.99. The molecular formula is C26H33N5OS. The van der Waals surface area contributed by atoms with Crippen molar-refractivity contribution in [2.45, 2.75) is 31.8 Å². The Kier molecular flexibility index (Phi) is 7.73. The van der Waals surface area contributed by atoms with Crippen LogP contribution in [-0.4, -0.2) is 58.8 Å². The number of amides is 1. The minimum Gasteiger partial charge on any atom is -0.369 e. The Hall–Kier alpha value is -2.77. The first-order valence-corrected chi connectivity index (χ1v) is 12.7. The topological polar surface area (TPSA) is 53.4 Å². The van der Waals surface area contributed by atoms with Gasteiger partial charge in [-0.3, -0.25) is 9.36 Å². The van der Waals surface area contributed by atoms with Crippen LogP contribution in [0.15, 0.2) is 66.1 Å². The fourth-order valence-electron chi connectivity index (χ4n) is 4.02. The van der Waals surface area contributed by atoms with Crippen molar-refractivity contribution in [3.63, 3.8) is 0 Å². The van der Waals surface area contributed by atoms with Crippen molar-refractivity contribution in [3.05, 3.63) is 66.5 Å². The number of imidazole rings is 1. The molecule has 0 bridgehead atoms. The molecule has 0 radical (unpaired) electrons. The van der Waals surface area contributed by atoms with Crippen molar-refractivity contribution in [1.82, 2.24) is 14.5 Å². The van der Waals surface area contributed by atoms with Gasteiger partial charge in [-0.05, 0) is 54.4 Å². The summed E-state index contributed by atoms with van der Waals surface area (Å²) in [6, 6.07) is 16.7. The second-order valence-corrected chi connectivity index (χ2v) is 9.57. The molecule has 0 spiro atoms. The van der Waals surface area contributed by atoms with Crippen LogP contribution in [0, 0.1) is 0 Å². The highest BCUT2D eigenvalue weighted by atomic mass is 32.2. The first-order valence-electron chi connectivity index (χ1n) is 11.7. The number of hydrogen-bond donors (Lipinski definition) is 1. The molecule has 2 heterocycles. The summed E-state index contributed by atoms with van der Waals surface area (Å²) in [5.41, 5.74) is 4.39. The molecule has 2 aromatic carbocycles. The maximum atomic E-state index is 12.5. The van der Waals surface area contributed by atoms with E-state index in [2.05, 4.69) is 77.3 Å². The van der Waals surface area contributed by atoms with Crippen molar-refractivity contribution in [2.75, 3.05) is 48.7 Å². The first-order chi connectivity index (χ1) is 16.0. The molecule has 174 valence electrons. The highest BCUT2D eigenvalue weighted by Gasteiger charge is 2.16. The monoisotopic (exact) mass is 463 g/mol. The van der Waals surface area contributed by atoms with E-state index in [4.69, 9.17) is 0 Å². The number of rotatable bonds is 8. The van der Waals surface area contributed by atoms with Gasteiger partial charge in [0.1, 0.15) is 0 Å². The number of piperazine rings is 1. The van der Waals surface area contributed by atoms with E-state index < -0.39 is 0 Å². The Morgan fingerprint density at radius 2 is 1.67 bits per heavy atom. The molecule has 0 atom stereocenters. The van der Waals surface area contributed by atoms with Crippen LogP contribution in [0.5, 0.6) is 0 Å². The van der Waals surface area contributed by atoms with Crippen molar-refractivity contribution < 1.29 is 4.79 Å². The van der Waals surface area contributed by atoms with Crippen molar-refractivity contribution >= 4 is 29.0 Å². The predicted molar refractivity (Wildman–Crippen MR) is 138 cm³/mol. The summed E-state index contributed by atoms with van der Waals surface area (Å²) >= 11 is 1.44. The van der Waals surface area contributed by atoms with Gasteiger partial charge in [-0.15, -0.1) is 0 Å². The van der Waals surface area contributed by atoms with E-state index in [1.54, 1.807) is 6.20 Å². The van der Waals surface area contributed by atoms with Crippen LogP contribution in [0.4, 0.5) is 11.4 Å². The number of nitrogens with one attached hydrogen (secondary N) is 1. The van der Waals surface area contributed by atoms with Gasteiger partial charge in [-0.25, -0.2) is 4.98 Å². The summed E-state index contributed by atoms with van der Waals surface area (Å²) in [7, 11) is 0.